The molecule has 0 bridgehead atoms. The molecule has 1 N–H and O–H groups in total. The van der Waals surface area contributed by atoms with E-state index in [1.54, 1.807) is 4.88 Å². The van der Waals surface area contributed by atoms with Gasteiger partial charge in [0.2, 0.25) is 0 Å². The van der Waals surface area contributed by atoms with Crippen molar-refractivity contribution in [1.29, 1.82) is 0 Å². The fourth-order valence-corrected chi connectivity index (χ4v) is 5.40. The average Bonchev–Trinajstić information content (AvgIpc) is 2.76. The minimum Gasteiger partial charge on any atom is -0.317 e. The van der Waals surface area contributed by atoms with Crippen molar-refractivity contribution in [2.75, 3.05) is 13.1 Å². The summed E-state index contributed by atoms with van der Waals surface area (Å²) in [6.07, 6.45) is 11.2. The summed E-state index contributed by atoms with van der Waals surface area (Å²) in [5.74, 6) is 0. The average molecular weight is 358 g/mol. The van der Waals surface area contributed by atoms with Gasteiger partial charge in [0.1, 0.15) is 0 Å². The highest BCUT2D eigenvalue weighted by molar-refractivity contribution is 9.10. The molecule has 1 aliphatic carbocycles. The molecular weight excluding hydrogens is 330 g/mol. The first kappa shape index (κ1) is 16.5. The molecule has 3 heteroatoms. The van der Waals surface area contributed by atoms with Crippen LogP contribution < -0.4 is 5.32 Å². The van der Waals surface area contributed by atoms with Crippen LogP contribution in [0, 0.1) is 12.3 Å². The van der Waals surface area contributed by atoms with E-state index < -0.39 is 0 Å². The number of thiophene rings is 1. The van der Waals surface area contributed by atoms with Crippen LogP contribution in [0.25, 0.3) is 0 Å². The lowest BCUT2D eigenvalue weighted by Gasteiger charge is -2.38. The van der Waals surface area contributed by atoms with E-state index in [4.69, 9.17) is 0 Å². The molecule has 114 valence electrons. The molecule has 0 unspecified atom stereocenters. The number of rotatable bonds is 7. The summed E-state index contributed by atoms with van der Waals surface area (Å²) < 4.78 is 1.33. The van der Waals surface area contributed by atoms with E-state index in [1.165, 1.54) is 67.3 Å². The Kier molecular flexibility index (Phi) is 6.57. The maximum absolute atomic E-state index is 3.72. The summed E-state index contributed by atoms with van der Waals surface area (Å²) in [7, 11) is 0. The monoisotopic (exact) mass is 357 g/mol. The zero-order chi connectivity index (χ0) is 14.4. The zero-order valence-corrected chi connectivity index (χ0v) is 15.3. The lowest BCUT2D eigenvalue weighted by molar-refractivity contribution is 0.157. The predicted molar refractivity (Wildman–Crippen MR) is 93.8 cm³/mol. The van der Waals surface area contributed by atoms with Crippen molar-refractivity contribution in [3.63, 3.8) is 0 Å². The Balaban J connectivity index is 1.94. The van der Waals surface area contributed by atoms with Gasteiger partial charge in [0.25, 0.3) is 0 Å². The van der Waals surface area contributed by atoms with Crippen molar-refractivity contribution < 1.29 is 0 Å². The van der Waals surface area contributed by atoms with Crippen LogP contribution in [-0.4, -0.2) is 13.1 Å². The topological polar surface area (TPSA) is 12.0 Å². The standard InChI is InChI=1S/C17H28BrNS/c1-3-19-12-11-17(8-5-4-6-9-17)10-7-16-15(18)13-14(2)20-16/h13,19H,3-12H2,1-2H3. The van der Waals surface area contributed by atoms with Crippen molar-refractivity contribution in [2.24, 2.45) is 5.41 Å². The maximum atomic E-state index is 3.72. The molecule has 1 aromatic heterocycles. The first-order valence-corrected chi connectivity index (χ1v) is 9.72. The van der Waals surface area contributed by atoms with Crippen LogP contribution in [0.15, 0.2) is 10.5 Å². The Morgan fingerprint density at radius 1 is 1.25 bits per heavy atom. The van der Waals surface area contributed by atoms with Gasteiger partial charge in [-0.05, 0) is 79.5 Å². The van der Waals surface area contributed by atoms with E-state index in [0.717, 1.165) is 6.54 Å². The molecule has 0 spiro atoms. The number of aryl methyl sites for hydroxylation is 2. The van der Waals surface area contributed by atoms with Gasteiger partial charge in [-0.3, -0.25) is 0 Å². The molecule has 0 saturated heterocycles. The third kappa shape index (κ3) is 4.57. The van der Waals surface area contributed by atoms with Crippen molar-refractivity contribution >= 4 is 27.3 Å². The van der Waals surface area contributed by atoms with Gasteiger partial charge in [-0.15, -0.1) is 11.3 Å². The van der Waals surface area contributed by atoms with Crippen LogP contribution in [0.5, 0.6) is 0 Å². The van der Waals surface area contributed by atoms with E-state index >= 15 is 0 Å². The van der Waals surface area contributed by atoms with Crippen LogP contribution in [0.3, 0.4) is 0 Å². The highest BCUT2D eigenvalue weighted by atomic mass is 79.9. The van der Waals surface area contributed by atoms with Gasteiger partial charge in [-0.25, -0.2) is 0 Å². The molecule has 0 aromatic carbocycles. The third-order valence-electron chi connectivity index (χ3n) is 4.76. The molecule has 20 heavy (non-hydrogen) atoms. The Morgan fingerprint density at radius 2 is 2.00 bits per heavy atom. The lowest BCUT2D eigenvalue weighted by atomic mass is 9.69. The van der Waals surface area contributed by atoms with Crippen molar-refractivity contribution in [3.8, 4) is 0 Å². The van der Waals surface area contributed by atoms with Crippen LogP contribution in [-0.2, 0) is 6.42 Å². The Morgan fingerprint density at radius 3 is 2.60 bits per heavy atom. The van der Waals surface area contributed by atoms with Gasteiger partial charge >= 0.3 is 0 Å². The molecular formula is C17H28BrNS. The fourth-order valence-electron chi connectivity index (χ4n) is 3.54. The van der Waals surface area contributed by atoms with E-state index in [2.05, 4.69) is 41.2 Å². The second-order valence-electron chi connectivity index (χ2n) is 6.29. The van der Waals surface area contributed by atoms with Gasteiger partial charge < -0.3 is 5.32 Å². The largest absolute Gasteiger partial charge is 0.317 e. The molecule has 0 radical (unpaired) electrons. The number of nitrogens with one attached hydrogen (secondary N) is 1. The van der Waals surface area contributed by atoms with Gasteiger partial charge in [-0.1, -0.05) is 26.2 Å². The fraction of sp³-hybridized carbons (Fsp3) is 0.765. The van der Waals surface area contributed by atoms with E-state index in [9.17, 15) is 0 Å². The Hall–Kier alpha value is 0.140. The molecule has 1 heterocycles. The lowest BCUT2D eigenvalue weighted by Crippen LogP contribution is -2.29. The van der Waals surface area contributed by atoms with Crippen molar-refractivity contribution in [2.45, 2.75) is 65.2 Å². The molecule has 1 saturated carbocycles. The molecule has 1 aliphatic rings. The normalized spacial score (nSPS) is 18.4. The summed E-state index contributed by atoms with van der Waals surface area (Å²) >= 11 is 5.69. The van der Waals surface area contributed by atoms with Crippen LogP contribution in [0.2, 0.25) is 0 Å². The highest BCUT2D eigenvalue weighted by Crippen LogP contribution is 2.43. The highest BCUT2D eigenvalue weighted by Gasteiger charge is 2.31. The van der Waals surface area contributed by atoms with Gasteiger partial charge in [0.15, 0.2) is 0 Å². The van der Waals surface area contributed by atoms with Crippen LogP contribution in [0.1, 0.15) is 61.6 Å². The summed E-state index contributed by atoms with van der Waals surface area (Å²) in [6.45, 7) is 6.71. The van der Waals surface area contributed by atoms with Crippen LogP contribution >= 0.6 is 27.3 Å². The quantitative estimate of drug-likeness (QED) is 0.616. The second-order valence-corrected chi connectivity index (χ2v) is 8.49. The minimum absolute atomic E-state index is 0.609. The van der Waals surface area contributed by atoms with Gasteiger partial charge in [0, 0.05) is 14.2 Å². The maximum Gasteiger partial charge on any atom is 0.0317 e. The Labute approximate surface area is 136 Å². The summed E-state index contributed by atoms with van der Waals surface area (Å²) in [5.41, 5.74) is 0.609. The SMILES string of the molecule is CCNCCC1(CCc2sc(C)cc2Br)CCCCC1. The molecule has 1 aromatic rings. The van der Waals surface area contributed by atoms with Crippen LogP contribution in [0.4, 0.5) is 0 Å². The van der Waals surface area contributed by atoms with Gasteiger partial charge in [0.05, 0.1) is 0 Å². The molecule has 1 fully saturated rings. The summed E-state index contributed by atoms with van der Waals surface area (Å²) in [4.78, 5) is 2.98. The number of hydrogen-bond donors (Lipinski definition) is 1. The van der Waals surface area contributed by atoms with Crippen molar-refractivity contribution in [1.82, 2.24) is 5.32 Å². The smallest absolute Gasteiger partial charge is 0.0317 e. The van der Waals surface area contributed by atoms with Gasteiger partial charge in [-0.2, -0.15) is 0 Å². The molecule has 2 rings (SSSR count). The minimum atomic E-state index is 0.609. The molecule has 0 aliphatic heterocycles. The van der Waals surface area contributed by atoms with E-state index in [0.29, 0.717) is 5.41 Å². The molecule has 1 nitrogen and oxygen atoms in total. The molecule has 0 atom stereocenters. The van der Waals surface area contributed by atoms with E-state index in [1.807, 2.05) is 11.3 Å². The molecule has 0 amide bonds. The second kappa shape index (κ2) is 7.95. The predicted octanol–water partition coefficient (Wildman–Crippen LogP) is 5.70. The summed E-state index contributed by atoms with van der Waals surface area (Å²) in [6, 6.07) is 2.27. The first-order chi connectivity index (χ1) is 9.65. The Bertz CT molecular complexity index is 407. The number of halogens is 1. The zero-order valence-electron chi connectivity index (χ0n) is 12.9. The number of hydrogen-bond acceptors (Lipinski definition) is 2. The van der Waals surface area contributed by atoms with Crippen molar-refractivity contribution in [3.05, 3.63) is 20.3 Å². The summed E-state index contributed by atoms with van der Waals surface area (Å²) in [5, 5.41) is 3.53. The third-order valence-corrected chi connectivity index (χ3v) is 6.84. The first-order valence-electron chi connectivity index (χ1n) is 8.11. The van der Waals surface area contributed by atoms with E-state index in [-0.39, 0.29) is 0 Å².